The first-order chi connectivity index (χ1) is 14.4. The van der Waals surface area contributed by atoms with E-state index >= 15 is 0 Å². The number of hydrogen-bond acceptors (Lipinski definition) is 7. The minimum absolute atomic E-state index is 0.0218. The van der Waals surface area contributed by atoms with Crippen LogP contribution in [0.5, 0.6) is 5.75 Å². The predicted molar refractivity (Wildman–Crippen MR) is 118 cm³/mol. The van der Waals surface area contributed by atoms with Gasteiger partial charge in [0.2, 0.25) is 10.0 Å². The summed E-state index contributed by atoms with van der Waals surface area (Å²) in [6.07, 6.45) is -1.15. The van der Waals surface area contributed by atoms with E-state index in [-0.39, 0.29) is 33.0 Å². The molecule has 0 spiro atoms. The Labute approximate surface area is 185 Å². The van der Waals surface area contributed by atoms with Crippen LogP contribution in [0.2, 0.25) is 5.02 Å². The van der Waals surface area contributed by atoms with Crippen LogP contribution in [0.1, 0.15) is 31.1 Å². The predicted octanol–water partition coefficient (Wildman–Crippen LogP) is 2.80. The van der Waals surface area contributed by atoms with E-state index in [2.05, 4.69) is 10.0 Å². The molecule has 0 saturated heterocycles. The molecule has 31 heavy (non-hydrogen) atoms. The van der Waals surface area contributed by atoms with Crippen molar-refractivity contribution in [3.05, 3.63) is 47.0 Å². The van der Waals surface area contributed by atoms with Gasteiger partial charge in [0.1, 0.15) is 11.3 Å². The van der Waals surface area contributed by atoms with Gasteiger partial charge in [-0.15, -0.1) is 0 Å². The summed E-state index contributed by atoms with van der Waals surface area (Å²) in [5.41, 5.74) is 6.28. The van der Waals surface area contributed by atoms with E-state index in [1.54, 1.807) is 13.8 Å². The quantitative estimate of drug-likeness (QED) is 0.399. The van der Waals surface area contributed by atoms with Crippen molar-refractivity contribution in [2.24, 2.45) is 0 Å². The number of sulfonamides is 1. The van der Waals surface area contributed by atoms with Gasteiger partial charge < -0.3 is 20.5 Å². The Hall–Kier alpha value is -2.82. The fourth-order valence-corrected chi connectivity index (χ4v) is 3.93. The first kappa shape index (κ1) is 24.4. The van der Waals surface area contributed by atoms with Gasteiger partial charge in [-0.25, -0.2) is 17.9 Å². The number of amides is 1. The maximum absolute atomic E-state index is 12.4. The third-order valence-corrected chi connectivity index (χ3v) is 6.02. The highest BCUT2D eigenvalue weighted by Crippen LogP contribution is 2.29. The molecular formula is C20H24ClN3O6S. The number of rotatable bonds is 8. The summed E-state index contributed by atoms with van der Waals surface area (Å²) < 4.78 is 37.1. The Morgan fingerprint density at radius 2 is 1.71 bits per heavy atom. The first-order valence-corrected chi connectivity index (χ1v) is 11.1. The fraction of sp³-hybridized carbons (Fsp3) is 0.300. The van der Waals surface area contributed by atoms with E-state index in [4.69, 9.17) is 26.8 Å². The molecule has 0 heterocycles. The van der Waals surface area contributed by atoms with E-state index in [1.807, 2.05) is 0 Å². The van der Waals surface area contributed by atoms with Crippen LogP contribution in [0.25, 0.3) is 0 Å². The van der Waals surface area contributed by atoms with Crippen molar-refractivity contribution in [3.8, 4) is 5.75 Å². The number of methoxy groups -OCH3 is 1. The average Bonchev–Trinajstić information content (AvgIpc) is 2.68. The Kier molecular flexibility index (Phi) is 7.88. The van der Waals surface area contributed by atoms with Gasteiger partial charge in [-0.3, -0.25) is 4.79 Å². The number of hydrogen-bond donors (Lipinski definition) is 3. The van der Waals surface area contributed by atoms with Crippen LogP contribution >= 0.6 is 11.6 Å². The minimum Gasteiger partial charge on any atom is -0.496 e. The Morgan fingerprint density at radius 3 is 2.26 bits per heavy atom. The number of anilines is 2. The monoisotopic (exact) mass is 469 g/mol. The van der Waals surface area contributed by atoms with E-state index in [9.17, 15) is 18.0 Å². The number of nitrogen functional groups attached to an aromatic ring is 1. The summed E-state index contributed by atoms with van der Waals surface area (Å²) in [6.45, 7) is 4.81. The third kappa shape index (κ3) is 6.33. The summed E-state index contributed by atoms with van der Waals surface area (Å²) in [7, 11) is -2.29. The van der Waals surface area contributed by atoms with Crippen LogP contribution in [0.4, 0.5) is 11.4 Å². The van der Waals surface area contributed by atoms with Crippen molar-refractivity contribution in [1.29, 1.82) is 0 Å². The molecule has 0 saturated carbocycles. The molecule has 0 unspecified atom stereocenters. The highest BCUT2D eigenvalue weighted by molar-refractivity contribution is 7.89. The van der Waals surface area contributed by atoms with Crippen LogP contribution < -0.4 is 20.5 Å². The number of carbonyl (C=O) groups excluding carboxylic acids is 2. The molecule has 1 atom stereocenters. The number of nitrogens with two attached hydrogens (primary N) is 1. The minimum atomic E-state index is -3.64. The van der Waals surface area contributed by atoms with Crippen LogP contribution in [0, 0.1) is 0 Å². The summed E-state index contributed by atoms with van der Waals surface area (Å²) in [4.78, 5) is 24.9. The van der Waals surface area contributed by atoms with Gasteiger partial charge in [-0.05, 0) is 51.1 Å². The van der Waals surface area contributed by atoms with Gasteiger partial charge >= 0.3 is 5.97 Å². The number of ether oxygens (including phenoxy) is 2. The maximum Gasteiger partial charge on any atom is 0.342 e. The van der Waals surface area contributed by atoms with Gasteiger partial charge in [-0.1, -0.05) is 11.6 Å². The first-order valence-electron chi connectivity index (χ1n) is 9.22. The van der Waals surface area contributed by atoms with E-state index in [0.717, 1.165) is 0 Å². The number of nitrogens with one attached hydrogen (secondary N) is 2. The number of esters is 1. The lowest BCUT2D eigenvalue weighted by Crippen LogP contribution is -2.31. The summed E-state index contributed by atoms with van der Waals surface area (Å²) >= 11 is 5.95. The van der Waals surface area contributed by atoms with Gasteiger partial charge in [-0.2, -0.15) is 0 Å². The molecule has 1 amide bonds. The van der Waals surface area contributed by atoms with Crippen LogP contribution in [0.3, 0.4) is 0 Å². The van der Waals surface area contributed by atoms with Crippen LogP contribution in [-0.4, -0.2) is 39.5 Å². The Balaban J connectivity index is 2.06. The largest absolute Gasteiger partial charge is 0.496 e. The highest BCUT2D eigenvalue weighted by Gasteiger charge is 2.23. The number of benzene rings is 2. The second-order valence-electron chi connectivity index (χ2n) is 6.91. The highest BCUT2D eigenvalue weighted by atomic mass is 35.5. The normalized spacial score (nSPS) is 12.3. The summed E-state index contributed by atoms with van der Waals surface area (Å²) in [5.74, 6) is -1.27. The molecule has 0 aliphatic rings. The summed E-state index contributed by atoms with van der Waals surface area (Å²) in [5, 5.41) is 2.70. The van der Waals surface area contributed by atoms with Gasteiger partial charge in [0.15, 0.2) is 6.10 Å². The Morgan fingerprint density at radius 1 is 1.10 bits per heavy atom. The second kappa shape index (κ2) is 9.99. The molecule has 0 fully saturated rings. The van der Waals surface area contributed by atoms with Gasteiger partial charge in [0.05, 0.1) is 22.7 Å². The molecule has 168 valence electrons. The average molecular weight is 470 g/mol. The molecule has 0 aliphatic heterocycles. The van der Waals surface area contributed by atoms with Crippen molar-refractivity contribution < 1.29 is 27.5 Å². The lowest BCUT2D eigenvalue weighted by Gasteiger charge is -2.16. The van der Waals surface area contributed by atoms with Gasteiger partial charge in [0.25, 0.3) is 5.91 Å². The summed E-state index contributed by atoms with van der Waals surface area (Å²) in [6, 6.07) is 8.01. The molecule has 0 aromatic heterocycles. The molecule has 2 aromatic carbocycles. The topological polar surface area (TPSA) is 137 Å². The number of carbonyl (C=O) groups is 2. The number of halogens is 1. The van der Waals surface area contributed by atoms with Crippen molar-refractivity contribution in [2.75, 3.05) is 18.2 Å². The standard InChI is InChI=1S/C20H24ClN3O6S/c1-11(2)24-31(27,28)14-7-5-13(6-8-14)23-19(25)12(3)30-20(26)15-9-16(21)17(22)10-18(15)29-4/h5-12,24H,22H2,1-4H3,(H,23,25)/t12-/m1/s1. The lowest BCUT2D eigenvalue weighted by atomic mass is 10.2. The van der Waals surface area contributed by atoms with E-state index in [0.29, 0.717) is 5.69 Å². The van der Waals surface area contributed by atoms with Crippen LogP contribution in [-0.2, 0) is 19.6 Å². The van der Waals surface area contributed by atoms with Crippen molar-refractivity contribution in [1.82, 2.24) is 4.72 Å². The lowest BCUT2D eigenvalue weighted by molar-refractivity contribution is -0.123. The molecule has 0 bridgehead atoms. The third-order valence-electron chi connectivity index (χ3n) is 4.01. The zero-order valence-corrected chi connectivity index (χ0v) is 19.0. The zero-order chi connectivity index (χ0) is 23.3. The smallest absolute Gasteiger partial charge is 0.342 e. The molecule has 9 nitrogen and oxygen atoms in total. The van der Waals surface area contributed by atoms with E-state index in [1.165, 1.54) is 50.4 Å². The fourth-order valence-electron chi connectivity index (χ4n) is 2.51. The molecular weight excluding hydrogens is 446 g/mol. The Bertz CT molecular complexity index is 1070. The van der Waals surface area contributed by atoms with Crippen molar-refractivity contribution in [3.63, 3.8) is 0 Å². The second-order valence-corrected chi connectivity index (χ2v) is 9.03. The molecule has 0 radical (unpaired) electrons. The molecule has 11 heteroatoms. The van der Waals surface area contributed by atoms with Gasteiger partial charge in [0, 0.05) is 17.8 Å². The molecule has 2 rings (SSSR count). The van der Waals surface area contributed by atoms with Crippen molar-refractivity contribution in [2.45, 2.75) is 37.8 Å². The van der Waals surface area contributed by atoms with Crippen LogP contribution in [0.15, 0.2) is 41.3 Å². The van der Waals surface area contributed by atoms with E-state index < -0.39 is 28.0 Å². The molecule has 2 aromatic rings. The zero-order valence-electron chi connectivity index (χ0n) is 17.4. The maximum atomic E-state index is 12.4. The SMILES string of the molecule is COc1cc(N)c(Cl)cc1C(=O)O[C@H](C)C(=O)Nc1ccc(S(=O)(=O)NC(C)C)cc1. The molecule has 0 aliphatic carbocycles. The molecule has 4 N–H and O–H groups in total. The van der Waals surface area contributed by atoms with Crippen molar-refractivity contribution >= 4 is 44.9 Å².